The minimum atomic E-state index is -0.131. The Balaban J connectivity index is 2.14. The first-order valence-electron chi connectivity index (χ1n) is 6.56. The van der Waals surface area contributed by atoms with E-state index in [4.69, 9.17) is 0 Å². The SMILES string of the molecule is CNC(c1ccc(F)c2ccccc12)C1CC1C. The maximum absolute atomic E-state index is 13.8. The van der Waals surface area contributed by atoms with E-state index in [-0.39, 0.29) is 5.82 Å². The van der Waals surface area contributed by atoms with Crippen molar-refractivity contribution in [2.45, 2.75) is 19.4 Å². The Hall–Kier alpha value is -1.41. The van der Waals surface area contributed by atoms with Gasteiger partial charge in [-0.25, -0.2) is 4.39 Å². The molecule has 2 heteroatoms. The van der Waals surface area contributed by atoms with Gasteiger partial charge in [-0.2, -0.15) is 0 Å². The first kappa shape index (κ1) is 11.7. The van der Waals surface area contributed by atoms with Gasteiger partial charge in [0.25, 0.3) is 0 Å². The summed E-state index contributed by atoms with van der Waals surface area (Å²) < 4.78 is 13.8. The Morgan fingerprint density at radius 3 is 2.44 bits per heavy atom. The van der Waals surface area contributed by atoms with Crippen LogP contribution < -0.4 is 5.32 Å². The summed E-state index contributed by atoms with van der Waals surface area (Å²) in [7, 11) is 1.99. The van der Waals surface area contributed by atoms with Crippen LogP contribution in [0.4, 0.5) is 4.39 Å². The van der Waals surface area contributed by atoms with E-state index >= 15 is 0 Å². The van der Waals surface area contributed by atoms with Crippen LogP contribution in [-0.2, 0) is 0 Å². The molecule has 0 spiro atoms. The third-order valence-electron chi connectivity index (χ3n) is 4.15. The van der Waals surface area contributed by atoms with E-state index in [1.807, 2.05) is 37.4 Å². The van der Waals surface area contributed by atoms with Crippen LogP contribution in [0, 0.1) is 17.7 Å². The third kappa shape index (κ3) is 1.81. The second-order valence-corrected chi connectivity index (χ2v) is 5.33. The lowest BCUT2D eigenvalue weighted by molar-refractivity contribution is 0.506. The van der Waals surface area contributed by atoms with E-state index in [9.17, 15) is 4.39 Å². The monoisotopic (exact) mass is 243 g/mol. The quantitative estimate of drug-likeness (QED) is 0.862. The number of fused-ring (bicyclic) bond motifs is 1. The molecular weight excluding hydrogens is 225 g/mol. The summed E-state index contributed by atoms with van der Waals surface area (Å²) in [6.07, 6.45) is 1.26. The van der Waals surface area contributed by atoms with Crippen molar-refractivity contribution in [2.24, 2.45) is 11.8 Å². The van der Waals surface area contributed by atoms with Gasteiger partial charge in [-0.05, 0) is 42.3 Å². The van der Waals surface area contributed by atoms with E-state index in [0.29, 0.717) is 12.0 Å². The molecule has 2 aromatic rings. The zero-order chi connectivity index (χ0) is 12.7. The Kier molecular flexibility index (Phi) is 2.83. The van der Waals surface area contributed by atoms with Crippen molar-refractivity contribution in [1.82, 2.24) is 5.32 Å². The smallest absolute Gasteiger partial charge is 0.131 e. The Labute approximate surface area is 107 Å². The summed E-state index contributed by atoms with van der Waals surface area (Å²) in [5, 5.41) is 5.16. The van der Waals surface area contributed by atoms with Crippen LogP contribution in [-0.4, -0.2) is 7.05 Å². The van der Waals surface area contributed by atoms with E-state index in [0.717, 1.165) is 16.7 Å². The molecule has 94 valence electrons. The Morgan fingerprint density at radius 2 is 1.83 bits per heavy atom. The van der Waals surface area contributed by atoms with Gasteiger partial charge in [0.15, 0.2) is 0 Å². The maximum atomic E-state index is 13.8. The number of hydrogen-bond acceptors (Lipinski definition) is 1. The largest absolute Gasteiger partial charge is 0.313 e. The molecule has 1 fully saturated rings. The number of rotatable bonds is 3. The lowest BCUT2D eigenvalue weighted by Gasteiger charge is -2.19. The lowest BCUT2D eigenvalue weighted by atomic mass is 9.95. The fourth-order valence-corrected chi connectivity index (χ4v) is 2.97. The molecule has 0 bridgehead atoms. The molecule has 1 aliphatic carbocycles. The van der Waals surface area contributed by atoms with Crippen LogP contribution in [0.2, 0.25) is 0 Å². The topological polar surface area (TPSA) is 12.0 Å². The van der Waals surface area contributed by atoms with Crippen molar-refractivity contribution < 1.29 is 4.39 Å². The van der Waals surface area contributed by atoms with Gasteiger partial charge in [0.2, 0.25) is 0 Å². The highest BCUT2D eigenvalue weighted by molar-refractivity contribution is 5.86. The van der Waals surface area contributed by atoms with Gasteiger partial charge in [-0.1, -0.05) is 37.3 Å². The van der Waals surface area contributed by atoms with Crippen molar-refractivity contribution in [2.75, 3.05) is 7.05 Å². The number of halogens is 1. The normalized spacial score (nSPS) is 24.2. The highest BCUT2D eigenvalue weighted by Crippen LogP contribution is 2.48. The number of benzene rings is 2. The van der Waals surface area contributed by atoms with Gasteiger partial charge < -0.3 is 5.32 Å². The molecule has 0 aromatic heterocycles. The molecule has 1 N–H and O–H groups in total. The van der Waals surface area contributed by atoms with Gasteiger partial charge in [0.05, 0.1) is 0 Å². The fraction of sp³-hybridized carbons (Fsp3) is 0.375. The van der Waals surface area contributed by atoms with Crippen LogP contribution in [0.15, 0.2) is 36.4 Å². The fourth-order valence-electron chi connectivity index (χ4n) is 2.97. The number of nitrogens with one attached hydrogen (secondary N) is 1. The molecule has 1 nitrogen and oxygen atoms in total. The minimum Gasteiger partial charge on any atom is -0.313 e. The zero-order valence-electron chi connectivity index (χ0n) is 10.8. The van der Waals surface area contributed by atoms with Crippen molar-refractivity contribution >= 4 is 10.8 Å². The highest BCUT2D eigenvalue weighted by atomic mass is 19.1. The maximum Gasteiger partial charge on any atom is 0.131 e. The molecule has 18 heavy (non-hydrogen) atoms. The van der Waals surface area contributed by atoms with Gasteiger partial charge >= 0.3 is 0 Å². The molecule has 0 radical (unpaired) electrons. The molecule has 0 aliphatic heterocycles. The van der Waals surface area contributed by atoms with E-state index in [1.54, 1.807) is 6.07 Å². The van der Waals surface area contributed by atoms with Crippen molar-refractivity contribution in [1.29, 1.82) is 0 Å². The Morgan fingerprint density at radius 1 is 1.17 bits per heavy atom. The first-order chi connectivity index (χ1) is 8.72. The molecule has 2 aromatic carbocycles. The van der Waals surface area contributed by atoms with E-state index in [1.165, 1.54) is 12.0 Å². The molecule has 3 rings (SSSR count). The predicted molar refractivity (Wildman–Crippen MR) is 73.0 cm³/mol. The predicted octanol–water partition coefficient (Wildman–Crippen LogP) is 3.90. The molecule has 3 unspecified atom stereocenters. The molecule has 1 saturated carbocycles. The van der Waals surface area contributed by atoms with Crippen LogP contribution in [0.1, 0.15) is 24.9 Å². The summed E-state index contributed by atoms with van der Waals surface area (Å²) >= 11 is 0. The molecule has 3 atom stereocenters. The van der Waals surface area contributed by atoms with Gasteiger partial charge in [-0.3, -0.25) is 0 Å². The van der Waals surface area contributed by atoms with E-state index in [2.05, 4.69) is 12.2 Å². The minimum absolute atomic E-state index is 0.131. The number of hydrogen-bond donors (Lipinski definition) is 1. The van der Waals surface area contributed by atoms with Crippen LogP contribution in [0.5, 0.6) is 0 Å². The molecule has 0 saturated heterocycles. The summed E-state index contributed by atoms with van der Waals surface area (Å²) in [4.78, 5) is 0. The van der Waals surface area contributed by atoms with Gasteiger partial charge in [0, 0.05) is 11.4 Å². The van der Waals surface area contributed by atoms with E-state index < -0.39 is 0 Å². The third-order valence-corrected chi connectivity index (χ3v) is 4.15. The summed E-state index contributed by atoms with van der Waals surface area (Å²) in [5.74, 6) is 1.32. The average Bonchev–Trinajstić information content (AvgIpc) is 3.10. The summed E-state index contributed by atoms with van der Waals surface area (Å²) in [5.41, 5.74) is 1.23. The molecule has 1 aliphatic rings. The van der Waals surface area contributed by atoms with Crippen LogP contribution in [0.3, 0.4) is 0 Å². The van der Waals surface area contributed by atoms with Crippen LogP contribution >= 0.6 is 0 Å². The second-order valence-electron chi connectivity index (χ2n) is 5.33. The summed E-state index contributed by atoms with van der Waals surface area (Å²) in [6, 6.07) is 11.6. The standard InChI is InChI=1S/C16H18FN/c1-10-9-14(10)16(18-2)13-7-8-15(17)12-6-4-3-5-11(12)13/h3-8,10,14,16,18H,9H2,1-2H3. The summed E-state index contributed by atoms with van der Waals surface area (Å²) in [6.45, 7) is 2.28. The molecular formula is C16H18FN. The van der Waals surface area contributed by atoms with Gasteiger partial charge in [-0.15, -0.1) is 0 Å². The second kappa shape index (κ2) is 4.36. The lowest BCUT2D eigenvalue weighted by Crippen LogP contribution is -2.19. The first-order valence-corrected chi connectivity index (χ1v) is 6.56. The van der Waals surface area contributed by atoms with Crippen LogP contribution in [0.25, 0.3) is 10.8 Å². The highest BCUT2D eigenvalue weighted by Gasteiger charge is 2.39. The van der Waals surface area contributed by atoms with Crippen molar-refractivity contribution in [3.8, 4) is 0 Å². The van der Waals surface area contributed by atoms with Crippen molar-refractivity contribution in [3.63, 3.8) is 0 Å². The zero-order valence-corrected chi connectivity index (χ0v) is 10.8. The molecule has 0 amide bonds. The average molecular weight is 243 g/mol. The molecule has 0 heterocycles. The Bertz CT molecular complexity index is 578. The van der Waals surface area contributed by atoms with Gasteiger partial charge in [0.1, 0.15) is 5.82 Å². The van der Waals surface area contributed by atoms with Crippen molar-refractivity contribution in [3.05, 3.63) is 47.8 Å².